The Labute approximate surface area is 136 Å². The van der Waals surface area contributed by atoms with Crippen LogP contribution in [0, 0.1) is 0 Å². The molecule has 3 rings (SSSR count). The molecule has 0 radical (unpaired) electrons. The number of carbonyl (C=O) groups excluding carboxylic acids is 1. The Bertz CT molecular complexity index is 690. The van der Waals surface area contributed by atoms with Crippen molar-refractivity contribution in [2.45, 2.75) is 25.3 Å². The molecule has 1 heterocycles. The summed E-state index contributed by atoms with van der Waals surface area (Å²) >= 11 is 9.31. The number of hydrogen-bond donors (Lipinski definition) is 1. The quantitative estimate of drug-likeness (QED) is 0.823. The lowest BCUT2D eigenvalue weighted by Gasteiger charge is -2.25. The van der Waals surface area contributed by atoms with E-state index in [9.17, 15) is 4.79 Å². The number of nitrogens with one attached hydrogen (secondary N) is 1. The van der Waals surface area contributed by atoms with Crippen molar-refractivity contribution in [2.24, 2.45) is 0 Å². The number of rotatable bonds is 2. The fraction of sp³-hybridized carbons (Fsp3) is 0.250. The van der Waals surface area contributed by atoms with Gasteiger partial charge in [0.25, 0.3) is 5.91 Å². The molecule has 3 nitrogen and oxygen atoms in total. The topological polar surface area (TPSA) is 42.0 Å². The molecule has 1 aliphatic rings. The minimum Gasteiger partial charge on any atom is -0.349 e. The molecule has 2 aromatic rings. The minimum atomic E-state index is -0.168. The molecule has 1 aromatic heterocycles. The molecule has 5 heteroatoms. The lowest BCUT2D eigenvalue weighted by molar-refractivity contribution is 0.0933. The van der Waals surface area contributed by atoms with Crippen LogP contribution in [0.5, 0.6) is 0 Å². The van der Waals surface area contributed by atoms with Crippen LogP contribution in [-0.4, -0.2) is 16.9 Å². The average molecular weight is 366 g/mol. The van der Waals surface area contributed by atoms with Gasteiger partial charge < -0.3 is 5.32 Å². The molecule has 1 aliphatic carbocycles. The van der Waals surface area contributed by atoms with Gasteiger partial charge >= 0.3 is 0 Å². The summed E-state index contributed by atoms with van der Waals surface area (Å²) in [4.78, 5) is 16.3. The Morgan fingerprint density at radius 2 is 2.10 bits per heavy atom. The second-order valence-corrected chi connectivity index (χ2v) is 6.45. The zero-order valence-electron chi connectivity index (χ0n) is 11.3. The first-order valence-corrected chi connectivity index (χ1v) is 7.99. The van der Waals surface area contributed by atoms with Crippen LogP contribution < -0.4 is 5.32 Å². The third kappa shape index (κ3) is 3.27. The Kier molecular flexibility index (Phi) is 4.27. The zero-order chi connectivity index (χ0) is 14.8. The first-order valence-electron chi connectivity index (χ1n) is 6.82. The standard InChI is InChI=1S/C16H14BrClN2O/c17-12-8-14(15(18)19-9-12)16(21)20-13-6-5-10-3-1-2-4-11(10)7-13/h1-4,8-9,13H,5-7H2,(H,20,21). The number of carbonyl (C=O) groups is 1. The summed E-state index contributed by atoms with van der Waals surface area (Å²) in [5.41, 5.74) is 3.10. The molecule has 21 heavy (non-hydrogen) atoms. The van der Waals surface area contributed by atoms with Gasteiger partial charge in [0.1, 0.15) is 5.15 Å². The number of pyridine rings is 1. The van der Waals surface area contributed by atoms with Gasteiger partial charge in [-0.1, -0.05) is 35.9 Å². The molecule has 1 aromatic carbocycles. The number of nitrogens with zero attached hydrogens (tertiary/aromatic N) is 1. The highest BCUT2D eigenvalue weighted by atomic mass is 79.9. The maximum atomic E-state index is 12.3. The second-order valence-electron chi connectivity index (χ2n) is 5.17. The molecule has 1 atom stereocenters. The van der Waals surface area contributed by atoms with Crippen molar-refractivity contribution >= 4 is 33.4 Å². The number of aryl methyl sites for hydroxylation is 1. The summed E-state index contributed by atoms with van der Waals surface area (Å²) in [6, 6.07) is 10.2. The Morgan fingerprint density at radius 3 is 2.90 bits per heavy atom. The lowest BCUT2D eigenvalue weighted by Crippen LogP contribution is -2.39. The number of amides is 1. The van der Waals surface area contributed by atoms with Crippen molar-refractivity contribution in [1.82, 2.24) is 10.3 Å². The largest absolute Gasteiger partial charge is 0.349 e. The van der Waals surface area contributed by atoms with Gasteiger partial charge in [0.2, 0.25) is 0 Å². The van der Waals surface area contributed by atoms with E-state index in [1.54, 1.807) is 12.3 Å². The van der Waals surface area contributed by atoms with Gasteiger partial charge in [0.15, 0.2) is 0 Å². The van der Waals surface area contributed by atoms with Crippen molar-refractivity contribution in [3.63, 3.8) is 0 Å². The number of halogens is 2. The highest BCUT2D eigenvalue weighted by Gasteiger charge is 2.21. The molecular formula is C16H14BrClN2O. The first-order chi connectivity index (χ1) is 10.1. The molecule has 108 valence electrons. The van der Waals surface area contributed by atoms with E-state index in [-0.39, 0.29) is 17.1 Å². The third-order valence-electron chi connectivity index (χ3n) is 3.73. The normalized spacial score (nSPS) is 17.1. The lowest BCUT2D eigenvalue weighted by atomic mass is 9.88. The Morgan fingerprint density at radius 1 is 1.33 bits per heavy atom. The molecule has 0 aliphatic heterocycles. The number of benzene rings is 1. The summed E-state index contributed by atoms with van der Waals surface area (Å²) in [7, 11) is 0. The van der Waals surface area contributed by atoms with E-state index in [0.717, 1.165) is 23.7 Å². The van der Waals surface area contributed by atoms with Gasteiger partial charge in [-0.05, 0) is 52.4 Å². The van der Waals surface area contributed by atoms with E-state index in [2.05, 4.69) is 44.4 Å². The van der Waals surface area contributed by atoms with Crippen LogP contribution >= 0.6 is 27.5 Å². The van der Waals surface area contributed by atoms with E-state index in [1.807, 2.05) is 6.07 Å². The molecule has 0 saturated carbocycles. The Hall–Kier alpha value is -1.39. The van der Waals surface area contributed by atoms with Crippen LogP contribution in [-0.2, 0) is 12.8 Å². The van der Waals surface area contributed by atoms with Crippen LogP contribution in [0.2, 0.25) is 5.15 Å². The van der Waals surface area contributed by atoms with E-state index < -0.39 is 0 Å². The highest BCUT2D eigenvalue weighted by molar-refractivity contribution is 9.10. The highest BCUT2D eigenvalue weighted by Crippen LogP contribution is 2.22. The van der Waals surface area contributed by atoms with E-state index in [1.165, 1.54) is 11.1 Å². The maximum Gasteiger partial charge on any atom is 0.254 e. The molecule has 1 N–H and O–H groups in total. The zero-order valence-corrected chi connectivity index (χ0v) is 13.6. The summed E-state index contributed by atoms with van der Waals surface area (Å²) in [5.74, 6) is -0.168. The fourth-order valence-electron chi connectivity index (χ4n) is 2.67. The predicted octanol–water partition coefficient (Wildman–Crippen LogP) is 3.78. The predicted molar refractivity (Wildman–Crippen MR) is 86.7 cm³/mol. The van der Waals surface area contributed by atoms with Gasteiger partial charge in [-0.3, -0.25) is 4.79 Å². The number of aromatic nitrogens is 1. The van der Waals surface area contributed by atoms with Crippen LogP contribution in [0.15, 0.2) is 41.0 Å². The summed E-state index contributed by atoms with van der Waals surface area (Å²) < 4.78 is 0.742. The third-order valence-corrected chi connectivity index (χ3v) is 4.47. The SMILES string of the molecule is O=C(NC1CCc2ccccc2C1)c1cc(Br)cnc1Cl. The molecular weight excluding hydrogens is 352 g/mol. The number of fused-ring (bicyclic) bond motifs is 1. The summed E-state index contributed by atoms with van der Waals surface area (Å²) in [5, 5.41) is 3.29. The van der Waals surface area contributed by atoms with Crippen molar-refractivity contribution < 1.29 is 4.79 Å². The van der Waals surface area contributed by atoms with Crippen molar-refractivity contribution in [3.8, 4) is 0 Å². The van der Waals surface area contributed by atoms with Crippen LogP contribution in [0.1, 0.15) is 27.9 Å². The minimum absolute atomic E-state index is 0.141. The second kappa shape index (κ2) is 6.16. The maximum absolute atomic E-state index is 12.3. The van der Waals surface area contributed by atoms with Crippen molar-refractivity contribution in [2.75, 3.05) is 0 Å². The summed E-state index contributed by atoms with van der Waals surface area (Å²) in [6.07, 6.45) is 4.38. The molecule has 0 bridgehead atoms. The smallest absolute Gasteiger partial charge is 0.254 e. The van der Waals surface area contributed by atoms with Gasteiger partial charge in [0.05, 0.1) is 5.56 Å². The van der Waals surface area contributed by atoms with E-state index in [0.29, 0.717) is 5.56 Å². The number of hydrogen-bond acceptors (Lipinski definition) is 2. The van der Waals surface area contributed by atoms with Crippen LogP contribution in [0.4, 0.5) is 0 Å². The first kappa shape index (κ1) is 14.5. The van der Waals surface area contributed by atoms with Crippen LogP contribution in [0.25, 0.3) is 0 Å². The van der Waals surface area contributed by atoms with Crippen molar-refractivity contribution in [3.05, 3.63) is 62.8 Å². The Balaban J connectivity index is 1.73. The molecule has 1 unspecified atom stereocenters. The molecule has 0 spiro atoms. The van der Waals surface area contributed by atoms with Gasteiger partial charge in [0, 0.05) is 16.7 Å². The van der Waals surface area contributed by atoms with Gasteiger partial charge in [-0.2, -0.15) is 0 Å². The van der Waals surface area contributed by atoms with Gasteiger partial charge in [-0.15, -0.1) is 0 Å². The van der Waals surface area contributed by atoms with E-state index in [4.69, 9.17) is 11.6 Å². The molecule has 1 amide bonds. The van der Waals surface area contributed by atoms with Gasteiger partial charge in [-0.25, -0.2) is 4.98 Å². The summed E-state index contributed by atoms with van der Waals surface area (Å²) in [6.45, 7) is 0. The fourth-order valence-corrected chi connectivity index (χ4v) is 3.19. The van der Waals surface area contributed by atoms with Crippen LogP contribution in [0.3, 0.4) is 0 Å². The van der Waals surface area contributed by atoms with Crippen molar-refractivity contribution in [1.29, 1.82) is 0 Å². The monoisotopic (exact) mass is 364 g/mol. The van der Waals surface area contributed by atoms with E-state index >= 15 is 0 Å². The average Bonchev–Trinajstić information content (AvgIpc) is 2.49. The molecule has 0 saturated heterocycles. The molecule has 0 fully saturated rings.